The Morgan fingerprint density at radius 2 is 1.35 bits per heavy atom. The number of hydrogen-bond acceptors (Lipinski definition) is 4. The van der Waals surface area contributed by atoms with Crippen molar-refractivity contribution in [2.45, 2.75) is 79.0 Å². The van der Waals surface area contributed by atoms with Crippen molar-refractivity contribution >= 4 is 17.9 Å². The zero-order valence-electron chi connectivity index (χ0n) is 17.2. The van der Waals surface area contributed by atoms with Gasteiger partial charge >= 0.3 is 6.09 Å². The van der Waals surface area contributed by atoms with Gasteiger partial charge in [-0.3, -0.25) is 9.59 Å². The second kappa shape index (κ2) is 9.24. The number of carbonyl (C=O) groups excluding carboxylic acids is 3. The van der Waals surface area contributed by atoms with Crippen molar-refractivity contribution in [3.05, 3.63) is 0 Å². The number of hydrogen-bond donors (Lipinski definition) is 2. The van der Waals surface area contributed by atoms with Crippen LogP contribution in [0.2, 0.25) is 0 Å². The first-order chi connectivity index (χ1) is 12.0. The molecule has 2 unspecified atom stereocenters. The molecule has 1 rings (SSSR count). The summed E-state index contributed by atoms with van der Waals surface area (Å²) in [5.41, 5.74) is -0.622. The smallest absolute Gasteiger partial charge is 0.410 e. The van der Waals surface area contributed by atoms with Gasteiger partial charge in [0.25, 0.3) is 0 Å². The molecule has 0 aromatic heterocycles. The number of nitrogens with zero attached hydrogens (tertiary/aromatic N) is 1. The van der Waals surface area contributed by atoms with E-state index in [-0.39, 0.29) is 37.0 Å². The van der Waals surface area contributed by atoms with E-state index in [4.69, 9.17) is 4.74 Å². The Kier molecular flexibility index (Phi) is 7.90. The van der Waals surface area contributed by atoms with Crippen LogP contribution < -0.4 is 10.6 Å². The molecule has 7 nitrogen and oxygen atoms in total. The lowest BCUT2D eigenvalue weighted by atomic mass is 9.93. The highest BCUT2D eigenvalue weighted by molar-refractivity contribution is 5.90. The van der Waals surface area contributed by atoms with Crippen LogP contribution in [0.3, 0.4) is 0 Å². The third kappa shape index (κ3) is 6.50. The molecule has 0 aromatic rings. The van der Waals surface area contributed by atoms with Crippen LogP contribution in [0.15, 0.2) is 0 Å². The van der Waals surface area contributed by atoms with E-state index in [1.807, 2.05) is 27.7 Å². The fourth-order valence-electron chi connectivity index (χ4n) is 2.71. The second-order valence-electron chi connectivity index (χ2n) is 8.23. The standard InChI is InChI=1S/C19H35N3O4/c1-8-12(3)20-16(23)14-10-22(18(25)26-19(5,6)7)11-15(14)17(24)21-13(4)9-2/h12-15H,8-11H2,1-7H3,(H,20,23)(H,21,24)/t12?,13?,14-,15-/m0/s1. The van der Waals surface area contributed by atoms with Crippen LogP contribution in [0, 0.1) is 11.8 Å². The molecule has 0 radical (unpaired) electrons. The maximum absolute atomic E-state index is 12.7. The van der Waals surface area contributed by atoms with Gasteiger partial charge in [-0.1, -0.05) is 13.8 Å². The van der Waals surface area contributed by atoms with Crippen molar-refractivity contribution in [3.63, 3.8) is 0 Å². The van der Waals surface area contributed by atoms with E-state index in [1.165, 1.54) is 4.90 Å². The first kappa shape index (κ1) is 22.3. The topological polar surface area (TPSA) is 87.7 Å². The minimum absolute atomic E-state index is 0.0244. The lowest BCUT2D eigenvalue weighted by Gasteiger charge is -2.24. The van der Waals surface area contributed by atoms with Gasteiger partial charge in [0.2, 0.25) is 11.8 Å². The quantitative estimate of drug-likeness (QED) is 0.752. The third-order valence-electron chi connectivity index (χ3n) is 4.65. The molecule has 1 aliphatic rings. The molecule has 1 saturated heterocycles. The van der Waals surface area contributed by atoms with E-state index in [1.54, 1.807) is 20.8 Å². The lowest BCUT2D eigenvalue weighted by molar-refractivity contribution is -0.133. The minimum Gasteiger partial charge on any atom is -0.444 e. The fraction of sp³-hybridized carbons (Fsp3) is 0.842. The van der Waals surface area contributed by atoms with E-state index in [0.29, 0.717) is 0 Å². The Bertz CT molecular complexity index is 483. The van der Waals surface area contributed by atoms with Crippen molar-refractivity contribution in [3.8, 4) is 0 Å². The second-order valence-corrected chi connectivity index (χ2v) is 8.23. The van der Waals surface area contributed by atoms with Gasteiger partial charge < -0.3 is 20.3 Å². The molecule has 0 saturated carbocycles. The molecule has 7 heteroatoms. The number of carbonyl (C=O) groups is 3. The Hall–Kier alpha value is -1.79. The van der Waals surface area contributed by atoms with Crippen LogP contribution in [-0.4, -0.2) is 53.6 Å². The summed E-state index contributed by atoms with van der Waals surface area (Å²) in [5, 5.41) is 5.87. The normalized spacial score (nSPS) is 22.5. The average molecular weight is 370 g/mol. The Morgan fingerprint density at radius 3 is 1.65 bits per heavy atom. The molecule has 26 heavy (non-hydrogen) atoms. The molecule has 1 heterocycles. The largest absolute Gasteiger partial charge is 0.444 e. The van der Waals surface area contributed by atoms with Gasteiger partial charge in [-0.15, -0.1) is 0 Å². The molecule has 1 fully saturated rings. The number of likely N-dealkylation sites (tertiary alicyclic amines) is 1. The van der Waals surface area contributed by atoms with Crippen molar-refractivity contribution < 1.29 is 19.1 Å². The monoisotopic (exact) mass is 369 g/mol. The minimum atomic E-state index is -0.622. The number of amides is 3. The zero-order valence-corrected chi connectivity index (χ0v) is 17.2. The fourth-order valence-corrected chi connectivity index (χ4v) is 2.71. The van der Waals surface area contributed by atoms with Crippen molar-refractivity contribution in [2.75, 3.05) is 13.1 Å². The molecular weight excluding hydrogens is 334 g/mol. The van der Waals surface area contributed by atoms with E-state index in [9.17, 15) is 14.4 Å². The summed E-state index contributed by atoms with van der Waals surface area (Å²) < 4.78 is 5.41. The van der Waals surface area contributed by atoms with Crippen molar-refractivity contribution in [1.29, 1.82) is 0 Å². The third-order valence-corrected chi connectivity index (χ3v) is 4.65. The van der Waals surface area contributed by atoms with Crippen LogP contribution in [-0.2, 0) is 14.3 Å². The van der Waals surface area contributed by atoms with Crippen LogP contribution >= 0.6 is 0 Å². The highest BCUT2D eigenvalue weighted by Gasteiger charge is 2.44. The van der Waals surface area contributed by atoms with Crippen LogP contribution in [0.4, 0.5) is 4.79 Å². The molecule has 0 aliphatic carbocycles. The van der Waals surface area contributed by atoms with Crippen LogP contribution in [0.1, 0.15) is 61.3 Å². The average Bonchev–Trinajstić information content (AvgIpc) is 2.98. The lowest BCUT2D eigenvalue weighted by Crippen LogP contribution is -2.45. The summed E-state index contributed by atoms with van der Waals surface area (Å²) in [4.78, 5) is 39.2. The summed E-state index contributed by atoms with van der Waals surface area (Å²) in [7, 11) is 0. The van der Waals surface area contributed by atoms with Crippen molar-refractivity contribution in [2.24, 2.45) is 11.8 Å². The Morgan fingerprint density at radius 1 is 0.962 bits per heavy atom. The van der Waals surface area contributed by atoms with Crippen LogP contribution in [0.25, 0.3) is 0 Å². The molecule has 4 atom stereocenters. The number of rotatable bonds is 6. The van der Waals surface area contributed by atoms with Crippen LogP contribution in [0.5, 0.6) is 0 Å². The molecule has 0 aromatic carbocycles. The zero-order chi connectivity index (χ0) is 20.1. The van der Waals surface area contributed by atoms with E-state index in [2.05, 4.69) is 10.6 Å². The summed E-state index contributed by atoms with van der Waals surface area (Å²) in [6.45, 7) is 13.6. The van der Waals surface area contributed by atoms with Gasteiger partial charge in [-0.25, -0.2) is 4.79 Å². The first-order valence-electron chi connectivity index (χ1n) is 9.57. The van der Waals surface area contributed by atoms with Gasteiger partial charge in [0.1, 0.15) is 5.60 Å². The number of ether oxygens (including phenoxy) is 1. The van der Waals surface area contributed by atoms with E-state index in [0.717, 1.165) is 12.8 Å². The predicted molar refractivity (Wildman–Crippen MR) is 101 cm³/mol. The van der Waals surface area contributed by atoms with E-state index >= 15 is 0 Å². The maximum atomic E-state index is 12.7. The Balaban J connectivity index is 2.92. The highest BCUT2D eigenvalue weighted by Crippen LogP contribution is 2.26. The summed E-state index contributed by atoms with van der Waals surface area (Å²) >= 11 is 0. The molecule has 0 bridgehead atoms. The summed E-state index contributed by atoms with van der Waals surface area (Å²) in [6, 6.07) is 0.0488. The molecule has 0 spiro atoms. The molecule has 3 amide bonds. The number of nitrogens with one attached hydrogen (secondary N) is 2. The van der Waals surface area contributed by atoms with Gasteiger partial charge in [-0.05, 0) is 47.5 Å². The molecule has 1 aliphatic heterocycles. The molecular formula is C19H35N3O4. The molecule has 150 valence electrons. The van der Waals surface area contributed by atoms with Crippen molar-refractivity contribution in [1.82, 2.24) is 15.5 Å². The molecule has 2 N–H and O–H groups in total. The van der Waals surface area contributed by atoms with Gasteiger partial charge in [0.15, 0.2) is 0 Å². The Labute approximate surface area is 157 Å². The van der Waals surface area contributed by atoms with Gasteiger partial charge in [0.05, 0.1) is 11.8 Å². The van der Waals surface area contributed by atoms with E-state index < -0.39 is 23.5 Å². The summed E-state index contributed by atoms with van der Waals surface area (Å²) in [5.74, 6) is -1.51. The predicted octanol–water partition coefficient (Wildman–Crippen LogP) is 2.30. The van der Waals surface area contributed by atoms with Gasteiger partial charge in [-0.2, -0.15) is 0 Å². The first-order valence-corrected chi connectivity index (χ1v) is 9.57. The van der Waals surface area contributed by atoms with Gasteiger partial charge in [0, 0.05) is 25.2 Å². The maximum Gasteiger partial charge on any atom is 0.410 e. The highest BCUT2D eigenvalue weighted by atomic mass is 16.6. The summed E-state index contributed by atoms with van der Waals surface area (Å²) in [6.07, 6.45) is 1.12. The SMILES string of the molecule is CCC(C)NC(=O)[C@H]1CN(C(=O)OC(C)(C)C)C[C@@H]1C(=O)NC(C)CC.